The van der Waals surface area contributed by atoms with E-state index in [4.69, 9.17) is 15.2 Å². The maximum absolute atomic E-state index is 11.9. The van der Waals surface area contributed by atoms with Crippen molar-refractivity contribution in [2.75, 3.05) is 32.2 Å². The Hall–Kier alpha value is -1.96. The van der Waals surface area contributed by atoms with Gasteiger partial charge in [0.25, 0.3) is 0 Å². The Morgan fingerprint density at radius 3 is 2.62 bits per heavy atom. The number of ether oxygens (including phenoxy) is 3. The van der Waals surface area contributed by atoms with E-state index in [9.17, 15) is 18.0 Å². The number of carbonyl (C=O) groups is 1. The molecule has 0 aliphatic rings. The lowest BCUT2D eigenvalue weighted by Gasteiger charge is -2.12. The van der Waals surface area contributed by atoms with Crippen molar-refractivity contribution in [1.29, 1.82) is 0 Å². The number of benzene rings is 1. The van der Waals surface area contributed by atoms with Gasteiger partial charge in [-0.1, -0.05) is 6.07 Å². The van der Waals surface area contributed by atoms with Crippen LogP contribution in [-0.2, 0) is 9.47 Å². The molecule has 2 N–H and O–H groups in total. The van der Waals surface area contributed by atoms with Gasteiger partial charge in [0.2, 0.25) is 0 Å². The lowest BCUT2D eigenvalue weighted by molar-refractivity contribution is -0.175. The van der Waals surface area contributed by atoms with Crippen LogP contribution in [0, 0.1) is 0 Å². The molecular weight excluding hydrogens is 291 g/mol. The van der Waals surface area contributed by atoms with E-state index in [1.54, 1.807) is 19.1 Å². The normalized spacial score (nSPS) is 11.2. The average Bonchev–Trinajstić information content (AvgIpc) is 2.37. The number of alkyl halides is 3. The minimum absolute atomic E-state index is 0.0511. The summed E-state index contributed by atoms with van der Waals surface area (Å²) in [5, 5.41) is 0. The molecule has 0 saturated heterocycles. The summed E-state index contributed by atoms with van der Waals surface area (Å²) >= 11 is 0. The van der Waals surface area contributed by atoms with E-state index < -0.39 is 18.8 Å². The van der Waals surface area contributed by atoms with E-state index in [0.29, 0.717) is 6.61 Å². The van der Waals surface area contributed by atoms with Gasteiger partial charge in [-0.25, -0.2) is 4.79 Å². The zero-order valence-corrected chi connectivity index (χ0v) is 11.4. The molecule has 118 valence electrons. The predicted molar refractivity (Wildman–Crippen MR) is 69.2 cm³/mol. The van der Waals surface area contributed by atoms with Gasteiger partial charge >= 0.3 is 12.1 Å². The highest BCUT2D eigenvalue weighted by atomic mass is 19.4. The maximum Gasteiger partial charge on any atom is 0.411 e. The van der Waals surface area contributed by atoms with Crippen LogP contribution >= 0.6 is 0 Å². The van der Waals surface area contributed by atoms with Crippen LogP contribution in [0.4, 0.5) is 18.9 Å². The van der Waals surface area contributed by atoms with Crippen molar-refractivity contribution in [1.82, 2.24) is 0 Å². The van der Waals surface area contributed by atoms with Crippen LogP contribution in [0.15, 0.2) is 18.2 Å². The van der Waals surface area contributed by atoms with Crippen molar-refractivity contribution in [3.8, 4) is 5.75 Å². The fourth-order valence-corrected chi connectivity index (χ4v) is 1.50. The van der Waals surface area contributed by atoms with Crippen LogP contribution in [0.2, 0.25) is 0 Å². The van der Waals surface area contributed by atoms with E-state index in [1.165, 1.54) is 6.07 Å². The van der Waals surface area contributed by atoms with Crippen LogP contribution in [0.25, 0.3) is 0 Å². The van der Waals surface area contributed by atoms with Crippen LogP contribution in [0.3, 0.4) is 0 Å². The van der Waals surface area contributed by atoms with Gasteiger partial charge in [-0.05, 0) is 19.1 Å². The van der Waals surface area contributed by atoms with Gasteiger partial charge in [0, 0.05) is 5.69 Å². The topological polar surface area (TPSA) is 70.8 Å². The lowest BCUT2D eigenvalue weighted by Crippen LogP contribution is -2.20. The molecule has 5 nitrogen and oxygen atoms in total. The monoisotopic (exact) mass is 307 g/mol. The number of halogens is 3. The summed E-state index contributed by atoms with van der Waals surface area (Å²) < 4.78 is 49.9. The Morgan fingerprint density at radius 1 is 1.29 bits per heavy atom. The van der Waals surface area contributed by atoms with Crippen LogP contribution in [0.1, 0.15) is 17.3 Å². The standard InChI is InChI=1S/C13H16F3NO4/c1-2-20-10-5-3-4-9(17)11(10)12(18)21-7-6-19-8-13(14,15)16/h3-5H,2,6-8,17H2,1H3. The zero-order chi connectivity index (χ0) is 15.9. The Balaban J connectivity index is 2.52. The second kappa shape index (κ2) is 7.72. The molecule has 0 aliphatic carbocycles. The van der Waals surface area contributed by atoms with Crippen molar-refractivity contribution in [3.05, 3.63) is 23.8 Å². The Morgan fingerprint density at radius 2 is 2.00 bits per heavy atom. The fourth-order valence-electron chi connectivity index (χ4n) is 1.50. The molecule has 0 aliphatic heterocycles. The molecule has 0 fully saturated rings. The van der Waals surface area contributed by atoms with Gasteiger partial charge in [-0.2, -0.15) is 13.2 Å². The van der Waals surface area contributed by atoms with E-state index in [0.717, 1.165) is 0 Å². The molecule has 21 heavy (non-hydrogen) atoms. The van der Waals surface area contributed by atoms with Gasteiger partial charge in [0.05, 0.1) is 13.2 Å². The molecule has 0 saturated carbocycles. The van der Waals surface area contributed by atoms with Crippen LogP contribution in [-0.4, -0.2) is 38.6 Å². The van der Waals surface area contributed by atoms with Gasteiger partial charge < -0.3 is 19.9 Å². The Kier molecular flexibility index (Phi) is 6.29. The molecule has 8 heteroatoms. The largest absolute Gasteiger partial charge is 0.493 e. The highest BCUT2D eigenvalue weighted by Crippen LogP contribution is 2.25. The molecule has 0 aromatic heterocycles. The van der Waals surface area contributed by atoms with Crippen LogP contribution in [0.5, 0.6) is 5.75 Å². The highest BCUT2D eigenvalue weighted by Gasteiger charge is 2.27. The van der Waals surface area contributed by atoms with Crippen molar-refractivity contribution in [2.45, 2.75) is 13.1 Å². The highest BCUT2D eigenvalue weighted by molar-refractivity contribution is 5.98. The van der Waals surface area contributed by atoms with Crippen molar-refractivity contribution >= 4 is 11.7 Å². The first-order chi connectivity index (χ1) is 9.85. The zero-order valence-electron chi connectivity index (χ0n) is 11.4. The fraction of sp³-hybridized carbons (Fsp3) is 0.462. The first-order valence-electron chi connectivity index (χ1n) is 6.18. The number of hydrogen-bond acceptors (Lipinski definition) is 5. The van der Waals surface area contributed by atoms with Crippen LogP contribution < -0.4 is 10.5 Å². The summed E-state index contributed by atoms with van der Waals surface area (Å²) in [4.78, 5) is 11.9. The number of esters is 1. The van der Waals surface area contributed by atoms with E-state index in [1.807, 2.05) is 0 Å². The van der Waals surface area contributed by atoms with Gasteiger partial charge in [-0.15, -0.1) is 0 Å². The summed E-state index contributed by atoms with van der Waals surface area (Å²) in [5.41, 5.74) is 5.90. The minimum Gasteiger partial charge on any atom is -0.493 e. The number of anilines is 1. The first-order valence-corrected chi connectivity index (χ1v) is 6.18. The SMILES string of the molecule is CCOc1cccc(N)c1C(=O)OCCOCC(F)(F)F. The van der Waals surface area contributed by atoms with Gasteiger partial charge in [-0.3, -0.25) is 0 Å². The number of rotatable bonds is 7. The summed E-state index contributed by atoms with van der Waals surface area (Å²) in [7, 11) is 0. The van der Waals surface area contributed by atoms with Gasteiger partial charge in [0.15, 0.2) is 0 Å². The molecule has 0 atom stereocenters. The molecule has 0 amide bonds. The predicted octanol–water partition coefficient (Wildman–Crippen LogP) is 2.40. The number of nitrogens with two attached hydrogens (primary N) is 1. The molecule has 1 aromatic rings. The lowest BCUT2D eigenvalue weighted by atomic mass is 10.1. The average molecular weight is 307 g/mol. The quantitative estimate of drug-likeness (QED) is 0.476. The molecule has 0 heterocycles. The number of nitrogen functional groups attached to an aromatic ring is 1. The summed E-state index contributed by atoms with van der Waals surface area (Å²) in [5.74, 6) is -0.508. The summed E-state index contributed by atoms with van der Waals surface area (Å²) in [6.45, 7) is 0.0146. The molecular formula is C13H16F3NO4. The Labute approximate surface area is 119 Å². The number of hydrogen-bond donors (Lipinski definition) is 1. The van der Waals surface area contributed by atoms with Crippen molar-refractivity contribution in [2.24, 2.45) is 0 Å². The number of carbonyl (C=O) groups excluding carboxylic acids is 1. The molecule has 0 spiro atoms. The third kappa shape index (κ3) is 5.90. The Bertz CT molecular complexity index is 477. The second-order valence-corrected chi connectivity index (χ2v) is 3.96. The molecule has 0 bridgehead atoms. The van der Waals surface area contributed by atoms with Gasteiger partial charge in [0.1, 0.15) is 24.5 Å². The van der Waals surface area contributed by atoms with E-state index in [-0.39, 0.29) is 30.2 Å². The molecule has 0 unspecified atom stereocenters. The van der Waals surface area contributed by atoms with E-state index in [2.05, 4.69) is 4.74 Å². The second-order valence-electron chi connectivity index (χ2n) is 3.96. The molecule has 1 aromatic carbocycles. The van der Waals surface area contributed by atoms with Crippen molar-refractivity contribution in [3.63, 3.8) is 0 Å². The minimum atomic E-state index is -4.41. The summed E-state index contributed by atoms with van der Waals surface area (Å²) in [6, 6.07) is 4.67. The molecule has 1 rings (SSSR count). The maximum atomic E-state index is 11.9. The smallest absolute Gasteiger partial charge is 0.411 e. The van der Waals surface area contributed by atoms with Crippen molar-refractivity contribution < 1.29 is 32.2 Å². The third-order valence-electron chi connectivity index (χ3n) is 2.29. The first kappa shape index (κ1) is 17.1. The summed E-state index contributed by atoms with van der Waals surface area (Å²) in [6.07, 6.45) is -4.41. The third-order valence-corrected chi connectivity index (χ3v) is 2.29. The molecule has 0 radical (unpaired) electrons. The van der Waals surface area contributed by atoms with E-state index >= 15 is 0 Å².